The summed E-state index contributed by atoms with van der Waals surface area (Å²) in [6, 6.07) is 10.8. The summed E-state index contributed by atoms with van der Waals surface area (Å²) < 4.78 is 5.65. The van der Waals surface area contributed by atoms with Gasteiger partial charge in [0.15, 0.2) is 0 Å². The van der Waals surface area contributed by atoms with E-state index in [0.717, 1.165) is 25.9 Å². The van der Waals surface area contributed by atoms with Crippen LogP contribution in [0.25, 0.3) is 0 Å². The number of carbonyl (C=O) groups is 1. The first-order valence-electron chi connectivity index (χ1n) is 7.94. The maximum Gasteiger partial charge on any atom is 0.250 e. The molecule has 3 unspecified atom stereocenters. The van der Waals surface area contributed by atoms with Gasteiger partial charge >= 0.3 is 0 Å². The lowest BCUT2D eigenvalue weighted by Gasteiger charge is -2.32. The standard InChI is InChI=1S/C17H24N2O2/c1-2-14-10-15(14)18-17(20)16-12-19(8-9-21-16)11-13-6-4-3-5-7-13/h3-7,14-16H,2,8-12H2,1H3,(H,18,20). The monoisotopic (exact) mass is 288 g/mol. The van der Waals surface area contributed by atoms with E-state index in [2.05, 4.69) is 41.4 Å². The van der Waals surface area contributed by atoms with Crippen LogP contribution in [0.15, 0.2) is 30.3 Å². The summed E-state index contributed by atoms with van der Waals surface area (Å²) in [7, 11) is 0. The van der Waals surface area contributed by atoms with Gasteiger partial charge in [0.05, 0.1) is 6.61 Å². The zero-order valence-corrected chi connectivity index (χ0v) is 12.6. The van der Waals surface area contributed by atoms with Gasteiger partial charge in [-0.2, -0.15) is 0 Å². The molecule has 1 saturated heterocycles. The van der Waals surface area contributed by atoms with Crippen LogP contribution in [0.4, 0.5) is 0 Å². The van der Waals surface area contributed by atoms with Gasteiger partial charge in [-0.1, -0.05) is 43.7 Å². The molecular formula is C17H24N2O2. The van der Waals surface area contributed by atoms with Crippen LogP contribution in [0.5, 0.6) is 0 Å². The fraction of sp³-hybridized carbons (Fsp3) is 0.588. The van der Waals surface area contributed by atoms with Gasteiger partial charge in [0.2, 0.25) is 0 Å². The molecule has 3 atom stereocenters. The highest BCUT2D eigenvalue weighted by molar-refractivity contribution is 5.81. The van der Waals surface area contributed by atoms with E-state index in [0.29, 0.717) is 25.1 Å². The van der Waals surface area contributed by atoms with Crippen LogP contribution in [0.3, 0.4) is 0 Å². The van der Waals surface area contributed by atoms with Crippen LogP contribution in [-0.2, 0) is 16.1 Å². The first-order valence-corrected chi connectivity index (χ1v) is 7.94. The van der Waals surface area contributed by atoms with E-state index in [4.69, 9.17) is 4.74 Å². The maximum atomic E-state index is 12.2. The average molecular weight is 288 g/mol. The number of rotatable bonds is 5. The maximum absolute atomic E-state index is 12.2. The van der Waals surface area contributed by atoms with Crippen LogP contribution in [0.2, 0.25) is 0 Å². The van der Waals surface area contributed by atoms with Crippen LogP contribution in [0.1, 0.15) is 25.3 Å². The predicted octanol–water partition coefficient (Wildman–Crippen LogP) is 1.80. The van der Waals surface area contributed by atoms with Crippen molar-refractivity contribution in [2.75, 3.05) is 19.7 Å². The summed E-state index contributed by atoms with van der Waals surface area (Å²) in [5, 5.41) is 3.12. The summed E-state index contributed by atoms with van der Waals surface area (Å²) >= 11 is 0. The van der Waals surface area contributed by atoms with E-state index in [1.807, 2.05) is 6.07 Å². The smallest absolute Gasteiger partial charge is 0.250 e. The second-order valence-electron chi connectivity index (χ2n) is 6.10. The minimum Gasteiger partial charge on any atom is -0.366 e. The van der Waals surface area contributed by atoms with Gasteiger partial charge in [0.1, 0.15) is 6.10 Å². The van der Waals surface area contributed by atoms with Gasteiger partial charge in [-0.3, -0.25) is 9.69 Å². The number of ether oxygens (including phenoxy) is 1. The highest BCUT2D eigenvalue weighted by Crippen LogP contribution is 2.33. The van der Waals surface area contributed by atoms with E-state index >= 15 is 0 Å². The number of amides is 1. The topological polar surface area (TPSA) is 41.6 Å². The molecule has 1 aliphatic heterocycles. The minimum absolute atomic E-state index is 0.0636. The number of morpholine rings is 1. The first-order chi connectivity index (χ1) is 10.3. The van der Waals surface area contributed by atoms with Crippen molar-refractivity contribution < 1.29 is 9.53 Å². The lowest BCUT2D eigenvalue weighted by Crippen LogP contribution is -2.50. The molecule has 2 fully saturated rings. The third-order valence-corrected chi connectivity index (χ3v) is 4.47. The molecule has 0 spiro atoms. The molecule has 0 bridgehead atoms. The zero-order valence-electron chi connectivity index (χ0n) is 12.6. The molecule has 1 amide bonds. The van der Waals surface area contributed by atoms with Crippen LogP contribution in [-0.4, -0.2) is 42.6 Å². The zero-order chi connectivity index (χ0) is 14.7. The van der Waals surface area contributed by atoms with Crippen molar-refractivity contribution in [3.05, 3.63) is 35.9 Å². The summed E-state index contributed by atoms with van der Waals surface area (Å²) in [5.41, 5.74) is 1.28. The second-order valence-corrected chi connectivity index (χ2v) is 6.10. The molecule has 21 heavy (non-hydrogen) atoms. The molecule has 1 saturated carbocycles. The molecule has 0 radical (unpaired) electrons. The Morgan fingerprint density at radius 3 is 2.90 bits per heavy atom. The molecule has 1 aromatic carbocycles. The molecule has 1 aliphatic carbocycles. The van der Waals surface area contributed by atoms with Crippen LogP contribution < -0.4 is 5.32 Å². The normalized spacial score (nSPS) is 29.1. The number of nitrogens with one attached hydrogen (secondary N) is 1. The number of carbonyl (C=O) groups excluding carboxylic acids is 1. The van der Waals surface area contributed by atoms with Crippen molar-refractivity contribution >= 4 is 5.91 Å². The largest absolute Gasteiger partial charge is 0.366 e. The molecule has 3 rings (SSSR count). The van der Waals surface area contributed by atoms with Crippen LogP contribution >= 0.6 is 0 Å². The van der Waals surface area contributed by atoms with Gasteiger partial charge in [-0.15, -0.1) is 0 Å². The molecule has 4 nitrogen and oxygen atoms in total. The lowest BCUT2D eigenvalue weighted by atomic mass is 10.2. The van der Waals surface area contributed by atoms with Crippen molar-refractivity contribution in [1.29, 1.82) is 0 Å². The Morgan fingerprint density at radius 1 is 1.38 bits per heavy atom. The van der Waals surface area contributed by atoms with Crippen molar-refractivity contribution in [1.82, 2.24) is 10.2 Å². The summed E-state index contributed by atoms with van der Waals surface area (Å²) in [6.07, 6.45) is 1.96. The molecule has 2 aliphatic rings. The van der Waals surface area contributed by atoms with Gasteiger partial charge in [0, 0.05) is 25.7 Å². The SMILES string of the molecule is CCC1CC1NC(=O)C1CN(Cc2ccccc2)CCO1. The highest BCUT2D eigenvalue weighted by Gasteiger charge is 2.38. The summed E-state index contributed by atoms with van der Waals surface area (Å²) in [6.45, 7) is 5.27. The van der Waals surface area contributed by atoms with Crippen molar-refractivity contribution in [3.63, 3.8) is 0 Å². The number of benzene rings is 1. The Hall–Kier alpha value is -1.39. The van der Waals surface area contributed by atoms with Gasteiger partial charge < -0.3 is 10.1 Å². The molecule has 1 N–H and O–H groups in total. The van der Waals surface area contributed by atoms with Gasteiger partial charge in [-0.05, 0) is 17.9 Å². The molecule has 1 aromatic rings. The second kappa shape index (κ2) is 6.58. The third kappa shape index (κ3) is 3.83. The van der Waals surface area contributed by atoms with Crippen molar-refractivity contribution in [2.45, 2.75) is 38.5 Å². The highest BCUT2D eigenvalue weighted by atomic mass is 16.5. The summed E-state index contributed by atoms with van der Waals surface area (Å²) in [4.78, 5) is 14.5. The Morgan fingerprint density at radius 2 is 2.19 bits per heavy atom. The summed E-state index contributed by atoms with van der Waals surface area (Å²) in [5.74, 6) is 0.742. The predicted molar refractivity (Wildman–Crippen MR) is 81.8 cm³/mol. The van der Waals surface area contributed by atoms with E-state index in [1.165, 1.54) is 5.56 Å². The molecular weight excluding hydrogens is 264 g/mol. The minimum atomic E-state index is -0.319. The molecule has 1 heterocycles. The first kappa shape index (κ1) is 14.5. The quantitative estimate of drug-likeness (QED) is 0.898. The van der Waals surface area contributed by atoms with E-state index in [1.54, 1.807) is 0 Å². The Labute approximate surface area is 126 Å². The van der Waals surface area contributed by atoms with Crippen molar-refractivity contribution in [2.24, 2.45) is 5.92 Å². The van der Waals surface area contributed by atoms with E-state index in [9.17, 15) is 4.79 Å². The van der Waals surface area contributed by atoms with Gasteiger partial charge in [0.25, 0.3) is 5.91 Å². The average Bonchev–Trinajstić information content (AvgIpc) is 3.27. The third-order valence-electron chi connectivity index (χ3n) is 4.47. The Bertz CT molecular complexity index is 477. The fourth-order valence-electron chi connectivity index (χ4n) is 3.00. The van der Waals surface area contributed by atoms with Gasteiger partial charge in [-0.25, -0.2) is 0 Å². The van der Waals surface area contributed by atoms with Crippen LogP contribution in [0, 0.1) is 5.92 Å². The number of hydrogen-bond acceptors (Lipinski definition) is 3. The molecule has 0 aromatic heterocycles. The number of nitrogens with zero attached hydrogens (tertiary/aromatic N) is 1. The van der Waals surface area contributed by atoms with Crippen molar-refractivity contribution in [3.8, 4) is 0 Å². The van der Waals surface area contributed by atoms with E-state index < -0.39 is 0 Å². The fourth-order valence-corrected chi connectivity index (χ4v) is 3.00. The lowest BCUT2D eigenvalue weighted by molar-refractivity contribution is -0.139. The Kier molecular flexibility index (Phi) is 4.56. The molecule has 114 valence electrons. The number of hydrogen-bond donors (Lipinski definition) is 1. The molecule has 4 heteroatoms. The van der Waals surface area contributed by atoms with E-state index in [-0.39, 0.29) is 12.0 Å². The Balaban J connectivity index is 1.50.